The van der Waals surface area contributed by atoms with Gasteiger partial charge < -0.3 is 15.3 Å². The fourth-order valence-corrected chi connectivity index (χ4v) is 1.70. The Bertz CT molecular complexity index is 490. The summed E-state index contributed by atoms with van der Waals surface area (Å²) in [4.78, 5) is 0. The number of hydrogen-bond donors (Lipinski definition) is 3. The van der Waals surface area contributed by atoms with Gasteiger partial charge in [-0.3, -0.25) is 0 Å². The average molecular weight is 230 g/mol. The van der Waals surface area contributed by atoms with Crippen molar-refractivity contribution >= 4 is 6.08 Å². The van der Waals surface area contributed by atoms with Crippen molar-refractivity contribution in [3.05, 3.63) is 53.3 Å². The number of aliphatic hydroxyl groups is 1. The fourth-order valence-electron chi connectivity index (χ4n) is 1.70. The molecule has 0 heterocycles. The van der Waals surface area contributed by atoms with Crippen molar-refractivity contribution in [2.45, 2.75) is 12.8 Å². The van der Waals surface area contributed by atoms with Gasteiger partial charge in [-0.2, -0.15) is 0 Å². The number of phenols is 2. The number of allylic oxidation sites excluding steroid dienone is 5. The van der Waals surface area contributed by atoms with Crippen LogP contribution in [0.5, 0.6) is 11.5 Å². The molecule has 0 radical (unpaired) electrons. The van der Waals surface area contributed by atoms with E-state index in [1.54, 1.807) is 18.2 Å². The van der Waals surface area contributed by atoms with E-state index in [0.717, 1.165) is 17.6 Å². The molecule has 1 aliphatic carbocycles. The Morgan fingerprint density at radius 1 is 0.824 bits per heavy atom. The molecule has 1 aromatic carbocycles. The smallest absolute Gasteiger partial charge is 0.119 e. The molecule has 0 amide bonds. The van der Waals surface area contributed by atoms with Gasteiger partial charge in [0.2, 0.25) is 0 Å². The number of phenolic OH excluding ortho intramolecular Hbond substituents is 2. The Morgan fingerprint density at radius 2 is 1.53 bits per heavy atom. The topological polar surface area (TPSA) is 60.7 Å². The molecular formula is C14H14O3. The molecule has 0 atom stereocenters. The van der Waals surface area contributed by atoms with Crippen LogP contribution in [0.25, 0.3) is 6.08 Å². The number of rotatable bonds is 2. The van der Waals surface area contributed by atoms with Gasteiger partial charge in [-0.25, -0.2) is 0 Å². The minimum absolute atomic E-state index is 0.0415. The molecule has 0 fully saturated rings. The number of aromatic hydroxyl groups is 2. The molecule has 3 nitrogen and oxygen atoms in total. The van der Waals surface area contributed by atoms with Crippen LogP contribution in [-0.2, 0) is 0 Å². The second kappa shape index (κ2) is 4.78. The summed E-state index contributed by atoms with van der Waals surface area (Å²) in [6.07, 6.45) is 8.73. The molecule has 0 aromatic heterocycles. The van der Waals surface area contributed by atoms with E-state index in [0.29, 0.717) is 12.2 Å². The van der Waals surface area contributed by atoms with E-state index in [-0.39, 0.29) is 11.5 Å². The third-order valence-corrected chi connectivity index (χ3v) is 2.57. The third kappa shape index (κ3) is 3.14. The minimum Gasteiger partial charge on any atom is -0.512 e. The zero-order chi connectivity index (χ0) is 12.3. The lowest BCUT2D eigenvalue weighted by Gasteiger charge is -2.06. The largest absolute Gasteiger partial charge is 0.512 e. The second-order valence-corrected chi connectivity index (χ2v) is 4.02. The highest BCUT2D eigenvalue weighted by molar-refractivity contribution is 5.57. The van der Waals surface area contributed by atoms with Crippen LogP contribution in [-0.4, -0.2) is 15.3 Å². The van der Waals surface area contributed by atoms with Crippen LogP contribution in [0.1, 0.15) is 18.4 Å². The van der Waals surface area contributed by atoms with E-state index in [2.05, 4.69) is 0 Å². The van der Waals surface area contributed by atoms with Crippen molar-refractivity contribution < 1.29 is 15.3 Å². The summed E-state index contributed by atoms with van der Waals surface area (Å²) < 4.78 is 0. The first-order valence-electron chi connectivity index (χ1n) is 5.43. The quantitative estimate of drug-likeness (QED) is 0.730. The van der Waals surface area contributed by atoms with Crippen LogP contribution in [0.15, 0.2) is 47.8 Å². The predicted molar refractivity (Wildman–Crippen MR) is 66.8 cm³/mol. The lowest BCUT2D eigenvalue weighted by molar-refractivity contribution is 0.386. The summed E-state index contributed by atoms with van der Waals surface area (Å²) in [7, 11) is 0. The van der Waals surface area contributed by atoms with Crippen LogP contribution in [0, 0.1) is 0 Å². The predicted octanol–water partition coefficient (Wildman–Crippen LogP) is 3.27. The van der Waals surface area contributed by atoms with Crippen LogP contribution in [0.3, 0.4) is 0 Å². The van der Waals surface area contributed by atoms with E-state index >= 15 is 0 Å². The maximum absolute atomic E-state index is 9.31. The Hall–Kier alpha value is -2.16. The van der Waals surface area contributed by atoms with Gasteiger partial charge in [-0.15, -0.1) is 0 Å². The van der Waals surface area contributed by atoms with Gasteiger partial charge >= 0.3 is 0 Å². The summed E-state index contributed by atoms with van der Waals surface area (Å²) in [5.74, 6) is 0.483. The molecule has 0 saturated carbocycles. The maximum Gasteiger partial charge on any atom is 0.119 e. The first-order valence-corrected chi connectivity index (χ1v) is 5.43. The Kier molecular flexibility index (Phi) is 3.19. The summed E-state index contributed by atoms with van der Waals surface area (Å²) >= 11 is 0. The molecule has 0 bridgehead atoms. The van der Waals surface area contributed by atoms with Crippen LogP contribution >= 0.6 is 0 Å². The zero-order valence-electron chi connectivity index (χ0n) is 9.30. The lowest BCUT2D eigenvalue weighted by atomic mass is 10.0. The van der Waals surface area contributed by atoms with Crippen LogP contribution < -0.4 is 0 Å². The summed E-state index contributed by atoms with van der Waals surface area (Å²) in [5.41, 5.74) is 1.84. The first-order chi connectivity index (χ1) is 8.13. The standard InChI is InChI=1S/C14H14O3/c15-12-5-3-10(4-6-12)1-2-11-7-13(16)9-14(17)8-11/h1-3,5,7-9,15-17H,4,6H2/b2-1+. The molecule has 17 heavy (non-hydrogen) atoms. The normalized spacial score (nSPS) is 15.8. The molecule has 0 aliphatic heterocycles. The SMILES string of the molecule is OC1=CC=C(/C=C/c2cc(O)cc(O)c2)CC1. The Balaban J connectivity index is 2.15. The number of hydrogen-bond acceptors (Lipinski definition) is 3. The van der Waals surface area contributed by atoms with Crippen molar-refractivity contribution in [1.82, 2.24) is 0 Å². The minimum atomic E-state index is 0.0415. The van der Waals surface area contributed by atoms with Crippen molar-refractivity contribution in [2.75, 3.05) is 0 Å². The van der Waals surface area contributed by atoms with Gasteiger partial charge in [-0.05, 0) is 35.8 Å². The monoisotopic (exact) mass is 230 g/mol. The highest BCUT2D eigenvalue weighted by Gasteiger charge is 2.02. The average Bonchev–Trinajstić information content (AvgIpc) is 2.27. The van der Waals surface area contributed by atoms with E-state index in [1.165, 1.54) is 6.07 Å². The van der Waals surface area contributed by atoms with E-state index in [9.17, 15) is 15.3 Å². The van der Waals surface area contributed by atoms with Crippen LogP contribution in [0.4, 0.5) is 0 Å². The van der Waals surface area contributed by atoms with Gasteiger partial charge in [-0.1, -0.05) is 18.2 Å². The maximum atomic E-state index is 9.31. The van der Waals surface area contributed by atoms with Gasteiger partial charge in [0, 0.05) is 12.5 Å². The first kappa shape index (κ1) is 11.3. The molecule has 3 N–H and O–H groups in total. The van der Waals surface area contributed by atoms with Crippen molar-refractivity contribution in [3.63, 3.8) is 0 Å². The Morgan fingerprint density at radius 3 is 2.12 bits per heavy atom. The second-order valence-electron chi connectivity index (χ2n) is 4.02. The molecule has 3 heteroatoms. The number of aliphatic hydroxyl groups excluding tert-OH is 1. The van der Waals surface area contributed by atoms with Crippen molar-refractivity contribution in [3.8, 4) is 11.5 Å². The highest BCUT2D eigenvalue weighted by atomic mass is 16.3. The van der Waals surface area contributed by atoms with Crippen molar-refractivity contribution in [2.24, 2.45) is 0 Å². The molecule has 1 aromatic rings. The van der Waals surface area contributed by atoms with E-state index in [1.807, 2.05) is 18.2 Å². The number of benzene rings is 1. The summed E-state index contributed by atoms with van der Waals surface area (Å²) in [6, 6.07) is 4.44. The lowest BCUT2D eigenvalue weighted by Crippen LogP contribution is -1.89. The fraction of sp³-hybridized carbons (Fsp3) is 0.143. The molecule has 1 aliphatic rings. The zero-order valence-corrected chi connectivity index (χ0v) is 9.30. The molecule has 2 rings (SSSR count). The van der Waals surface area contributed by atoms with Crippen LogP contribution in [0.2, 0.25) is 0 Å². The highest BCUT2D eigenvalue weighted by Crippen LogP contribution is 2.23. The van der Waals surface area contributed by atoms with Crippen molar-refractivity contribution in [1.29, 1.82) is 0 Å². The molecular weight excluding hydrogens is 216 g/mol. The summed E-state index contributed by atoms with van der Waals surface area (Å²) in [6.45, 7) is 0. The van der Waals surface area contributed by atoms with Gasteiger partial charge in [0.25, 0.3) is 0 Å². The molecule has 0 unspecified atom stereocenters. The molecule has 0 saturated heterocycles. The van der Waals surface area contributed by atoms with E-state index < -0.39 is 0 Å². The van der Waals surface area contributed by atoms with Gasteiger partial charge in [0.15, 0.2) is 0 Å². The summed E-state index contributed by atoms with van der Waals surface area (Å²) in [5, 5.41) is 27.8. The van der Waals surface area contributed by atoms with Gasteiger partial charge in [0.05, 0.1) is 5.76 Å². The molecule has 88 valence electrons. The van der Waals surface area contributed by atoms with E-state index in [4.69, 9.17) is 0 Å². The molecule has 0 spiro atoms. The third-order valence-electron chi connectivity index (χ3n) is 2.57. The Labute approximate surface area is 99.7 Å². The van der Waals surface area contributed by atoms with Gasteiger partial charge in [0.1, 0.15) is 11.5 Å².